The first kappa shape index (κ1) is 21.5. The van der Waals surface area contributed by atoms with E-state index in [4.69, 9.17) is 25.8 Å². The number of carbonyl (C=O) groups is 1. The lowest BCUT2D eigenvalue weighted by Crippen LogP contribution is -2.27. The van der Waals surface area contributed by atoms with Gasteiger partial charge in [-0.15, -0.1) is 0 Å². The van der Waals surface area contributed by atoms with E-state index < -0.39 is 0 Å². The van der Waals surface area contributed by atoms with E-state index in [1.165, 1.54) is 7.11 Å². The van der Waals surface area contributed by atoms with Gasteiger partial charge in [-0.2, -0.15) is 0 Å². The zero-order valence-corrected chi connectivity index (χ0v) is 17.8. The molecule has 1 atom stereocenters. The molecule has 1 N–H and O–H groups in total. The van der Waals surface area contributed by atoms with E-state index >= 15 is 0 Å². The second kappa shape index (κ2) is 9.98. The van der Waals surface area contributed by atoms with E-state index in [-0.39, 0.29) is 11.9 Å². The number of nitrogens with zero attached hydrogens (tertiary/aromatic N) is 1. The van der Waals surface area contributed by atoms with E-state index in [1.807, 2.05) is 37.3 Å². The lowest BCUT2D eigenvalue weighted by Gasteiger charge is -2.18. The summed E-state index contributed by atoms with van der Waals surface area (Å²) in [6.45, 7) is 2.29. The molecule has 2 aromatic carbocycles. The molecule has 0 saturated heterocycles. The highest BCUT2D eigenvalue weighted by atomic mass is 35.5. The molecular weight excluding hydrogens is 404 g/mol. The third-order valence-electron chi connectivity index (χ3n) is 4.59. The normalized spacial score (nSPS) is 11.5. The zero-order valence-electron chi connectivity index (χ0n) is 17.0. The van der Waals surface area contributed by atoms with E-state index in [2.05, 4.69) is 10.3 Å². The Morgan fingerprint density at radius 1 is 1.00 bits per heavy atom. The van der Waals surface area contributed by atoms with Crippen molar-refractivity contribution in [1.82, 2.24) is 10.3 Å². The van der Waals surface area contributed by atoms with Crippen LogP contribution in [0.4, 0.5) is 0 Å². The van der Waals surface area contributed by atoms with Gasteiger partial charge in [0, 0.05) is 17.4 Å². The molecule has 6 nitrogen and oxygen atoms in total. The molecule has 3 aromatic rings. The number of pyridine rings is 1. The third-order valence-corrected chi connectivity index (χ3v) is 4.82. The first-order chi connectivity index (χ1) is 14.5. The number of aromatic nitrogens is 1. The number of carbonyl (C=O) groups excluding carboxylic acids is 1. The fourth-order valence-electron chi connectivity index (χ4n) is 2.93. The average Bonchev–Trinajstić information content (AvgIpc) is 2.78. The standard InChI is InChI=1S/C23H23ClN2O4/c1-15(26-23(27)19-13-18(24)5-7-20(19)28-2)17-4-6-21(22(12-17)29-3)30-14-16-8-10-25-11-9-16/h4-13,15H,14H2,1-3H3,(H,26,27). The van der Waals surface area contributed by atoms with Crippen molar-refractivity contribution in [3.05, 3.63) is 82.6 Å². The van der Waals surface area contributed by atoms with Crippen LogP contribution in [0, 0.1) is 0 Å². The Hall–Kier alpha value is -3.25. The number of hydrogen-bond donors (Lipinski definition) is 1. The molecule has 1 heterocycles. The Kier molecular flexibility index (Phi) is 7.14. The summed E-state index contributed by atoms with van der Waals surface area (Å²) in [6.07, 6.45) is 3.44. The SMILES string of the molecule is COc1cc(C(C)NC(=O)c2cc(Cl)ccc2OC)ccc1OCc1ccncc1. The Bertz CT molecular complexity index is 1010. The van der Waals surface area contributed by atoms with Crippen molar-refractivity contribution in [3.63, 3.8) is 0 Å². The van der Waals surface area contributed by atoms with Crippen LogP contribution in [0.2, 0.25) is 5.02 Å². The van der Waals surface area contributed by atoms with Crippen LogP contribution in [0.25, 0.3) is 0 Å². The van der Waals surface area contributed by atoms with Gasteiger partial charge in [0.15, 0.2) is 11.5 Å². The van der Waals surface area contributed by atoms with Crippen LogP contribution < -0.4 is 19.5 Å². The maximum atomic E-state index is 12.7. The zero-order chi connectivity index (χ0) is 21.5. The number of benzene rings is 2. The minimum Gasteiger partial charge on any atom is -0.496 e. The molecule has 1 aromatic heterocycles. The van der Waals surface area contributed by atoms with Gasteiger partial charge in [0.1, 0.15) is 12.4 Å². The van der Waals surface area contributed by atoms with Gasteiger partial charge in [0.25, 0.3) is 5.91 Å². The number of hydrogen-bond acceptors (Lipinski definition) is 5. The number of methoxy groups -OCH3 is 2. The number of halogens is 1. The van der Waals surface area contributed by atoms with Crippen LogP contribution in [0.1, 0.15) is 34.5 Å². The highest BCUT2D eigenvalue weighted by molar-refractivity contribution is 6.31. The molecule has 7 heteroatoms. The summed E-state index contributed by atoms with van der Waals surface area (Å²) >= 11 is 6.03. The van der Waals surface area contributed by atoms with Crippen molar-refractivity contribution in [2.45, 2.75) is 19.6 Å². The Morgan fingerprint density at radius 3 is 2.40 bits per heavy atom. The van der Waals surface area contributed by atoms with Crippen LogP contribution in [0.3, 0.4) is 0 Å². The largest absolute Gasteiger partial charge is 0.496 e. The summed E-state index contributed by atoms with van der Waals surface area (Å²) in [5.41, 5.74) is 2.26. The Morgan fingerprint density at radius 2 is 1.70 bits per heavy atom. The highest BCUT2D eigenvalue weighted by Crippen LogP contribution is 2.31. The fraction of sp³-hybridized carbons (Fsp3) is 0.217. The third kappa shape index (κ3) is 5.21. The van der Waals surface area contributed by atoms with Crippen molar-refractivity contribution in [2.75, 3.05) is 14.2 Å². The van der Waals surface area contributed by atoms with Crippen LogP contribution in [-0.4, -0.2) is 25.1 Å². The monoisotopic (exact) mass is 426 g/mol. The summed E-state index contributed by atoms with van der Waals surface area (Å²) in [5, 5.41) is 3.43. The maximum Gasteiger partial charge on any atom is 0.255 e. The number of nitrogens with one attached hydrogen (secondary N) is 1. The molecule has 0 aliphatic rings. The molecule has 1 unspecified atom stereocenters. The molecule has 156 valence electrons. The summed E-state index contributed by atoms with van der Waals surface area (Å²) in [5.74, 6) is 1.39. The second-order valence-electron chi connectivity index (χ2n) is 6.59. The fourth-order valence-corrected chi connectivity index (χ4v) is 3.10. The highest BCUT2D eigenvalue weighted by Gasteiger charge is 2.17. The molecule has 0 radical (unpaired) electrons. The minimum absolute atomic E-state index is 0.274. The predicted octanol–water partition coefficient (Wildman–Crippen LogP) is 4.82. The quantitative estimate of drug-likeness (QED) is 0.559. The van der Waals surface area contributed by atoms with Gasteiger partial charge in [-0.25, -0.2) is 0 Å². The average molecular weight is 427 g/mol. The molecular formula is C23H23ClN2O4. The van der Waals surface area contributed by atoms with Crippen molar-refractivity contribution in [3.8, 4) is 17.2 Å². The second-order valence-corrected chi connectivity index (χ2v) is 7.03. The number of ether oxygens (including phenoxy) is 3. The first-order valence-corrected chi connectivity index (χ1v) is 9.73. The van der Waals surface area contributed by atoms with E-state index in [0.29, 0.717) is 34.4 Å². The lowest BCUT2D eigenvalue weighted by atomic mass is 10.1. The van der Waals surface area contributed by atoms with Crippen LogP contribution in [0.15, 0.2) is 60.9 Å². The number of rotatable bonds is 8. The van der Waals surface area contributed by atoms with Crippen molar-refractivity contribution >= 4 is 17.5 Å². The maximum absolute atomic E-state index is 12.7. The minimum atomic E-state index is -0.279. The van der Waals surface area contributed by atoms with Gasteiger partial charge in [-0.1, -0.05) is 17.7 Å². The van der Waals surface area contributed by atoms with E-state index in [0.717, 1.165) is 11.1 Å². The van der Waals surface area contributed by atoms with Gasteiger partial charge in [-0.3, -0.25) is 9.78 Å². The Balaban J connectivity index is 1.72. The van der Waals surface area contributed by atoms with Crippen LogP contribution >= 0.6 is 11.6 Å². The van der Waals surface area contributed by atoms with Gasteiger partial charge in [0.2, 0.25) is 0 Å². The molecule has 3 rings (SSSR count). The summed E-state index contributed by atoms with van der Waals surface area (Å²) in [6, 6.07) is 14.0. The summed E-state index contributed by atoms with van der Waals surface area (Å²) in [7, 11) is 3.09. The van der Waals surface area contributed by atoms with Crippen molar-refractivity contribution in [1.29, 1.82) is 0 Å². The predicted molar refractivity (Wildman–Crippen MR) is 115 cm³/mol. The van der Waals surface area contributed by atoms with E-state index in [1.54, 1.807) is 37.7 Å². The van der Waals surface area contributed by atoms with Gasteiger partial charge in [0.05, 0.1) is 25.8 Å². The van der Waals surface area contributed by atoms with Gasteiger partial charge < -0.3 is 19.5 Å². The Labute approximate surface area is 180 Å². The van der Waals surface area contributed by atoms with Crippen LogP contribution in [0.5, 0.6) is 17.2 Å². The summed E-state index contributed by atoms with van der Waals surface area (Å²) < 4.78 is 16.6. The van der Waals surface area contributed by atoms with E-state index in [9.17, 15) is 4.79 Å². The summed E-state index contributed by atoms with van der Waals surface area (Å²) in [4.78, 5) is 16.7. The molecule has 0 aliphatic heterocycles. The van der Waals surface area contributed by atoms with Gasteiger partial charge >= 0.3 is 0 Å². The lowest BCUT2D eigenvalue weighted by molar-refractivity contribution is 0.0936. The van der Waals surface area contributed by atoms with Gasteiger partial charge in [-0.05, 0) is 60.5 Å². The molecule has 0 bridgehead atoms. The van der Waals surface area contributed by atoms with Crippen LogP contribution in [-0.2, 0) is 6.61 Å². The van der Waals surface area contributed by atoms with Crippen molar-refractivity contribution < 1.29 is 19.0 Å². The molecule has 30 heavy (non-hydrogen) atoms. The first-order valence-electron chi connectivity index (χ1n) is 9.36. The molecule has 0 aliphatic carbocycles. The molecule has 0 fully saturated rings. The number of amides is 1. The van der Waals surface area contributed by atoms with Crippen molar-refractivity contribution in [2.24, 2.45) is 0 Å². The topological polar surface area (TPSA) is 69.7 Å². The molecule has 0 saturated carbocycles. The smallest absolute Gasteiger partial charge is 0.255 e. The molecule has 0 spiro atoms. The molecule has 1 amide bonds.